The van der Waals surface area contributed by atoms with E-state index in [0.717, 1.165) is 12.0 Å². The minimum Gasteiger partial charge on any atom is -0.329 e. The van der Waals surface area contributed by atoms with Crippen LogP contribution < -0.4 is 0 Å². The first-order chi connectivity index (χ1) is 3.43. The Labute approximate surface area is 46.9 Å². The molecule has 0 aliphatic heterocycles. The van der Waals surface area contributed by atoms with E-state index in [1.165, 1.54) is 0 Å². The molecule has 0 radical (unpaired) electrons. The fourth-order valence-electron chi connectivity index (χ4n) is 0.482. The lowest BCUT2D eigenvalue weighted by Crippen LogP contribution is -1.84. The summed E-state index contributed by atoms with van der Waals surface area (Å²) in [6, 6.07) is 0. The molecule has 2 heteroatoms. The van der Waals surface area contributed by atoms with E-state index < -0.39 is 0 Å². The topological polar surface area (TPSA) is 20.2 Å². The summed E-state index contributed by atoms with van der Waals surface area (Å²) < 4.78 is 8.38. The van der Waals surface area contributed by atoms with Crippen LogP contribution in [0.25, 0.3) is 0 Å². The van der Waals surface area contributed by atoms with E-state index in [1.807, 2.05) is 24.3 Å². The van der Waals surface area contributed by atoms with E-state index in [9.17, 15) is 0 Å². The van der Waals surface area contributed by atoms with Crippen molar-refractivity contribution in [1.29, 1.82) is 0 Å². The van der Waals surface area contributed by atoms with Crippen molar-refractivity contribution in [2.75, 3.05) is 0 Å². The van der Waals surface area contributed by atoms with Gasteiger partial charge in [0.1, 0.15) is 0 Å². The van der Waals surface area contributed by atoms with E-state index in [4.69, 9.17) is 4.55 Å². The Bertz CT molecular complexity index is 94.6. The highest BCUT2D eigenvalue weighted by Gasteiger charge is 1.99. The first-order valence-corrected chi connectivity index (χ1v) is 2.92. The maximum absolute atomic E-state index is 8.38. The standard InChI is InChI=1S/C5H6OS/c6-7-5-3-1-2-4-5/h1-6H. The highest BCUT2D eigenvalue weighted by Crippen LogP contribution is 2.12. The Balaban J connectivity index is 2.44. The Hall–Kier alpha value is -0.210. The molecule has 0 spiro atoms. The van der Waals surface area contributed by atoms with E-state index in [2.05, 4.69) is 0 Å². The molecule has 0 unspecified atom stereocenters. The van der Waals surface area contributed by atoms with Crippen LogP contribution in [-0.2, 0) is 0 Å². The van der Waals surface area contributed by atoms with E-state index in [0.29, 0.717) is 0 Å². The van der Waals surface area contributed by atoms with Crippen molar-refractivity contribution < 1.29 is 4.55 Å². The molecule has 0 aromatic heterocycles. The quantitative estimate of drug-likeness (QED) is 0.523. The van der Waals surface area contributed by atoms with Gasteiger partial charge in [0, 0.05) is 0 Å². The molecular formula is C5H6OS. The molecule has 0 saturated heterocycles. The summed E-state index contributed by atoms with van der Waals surface area (Å²) in [6.45, 7) is 0. The van der Waals surface area contributed by atoms with Crippen LogP contribution in [0.5, 0.6) is 0 Å². The monoisotopic (exact) mass is 114 g/mol. The van der Waals surface area contributed by atoms with Gasteiger partial charge in [-0.05, 0) is 12.0 Å². The third-order valence-corrected chi connectivity index (χ3v) is 1.39. The molecule has 1 N–H and O–H groups in total. The third-order valence-electron chi connectivity index (χ3n) is 0.834. The van der Waals surface area contributed by atoms with E-state index in [1.54, 1.807) is 0 Å². The molecule has 1 nitrogen and oxygen atoms in total. The third kappa shape index (κ3) is 1.08. The molecule has 0 aromatic rings. The molecule has 1 aliphatic carbocycles. The first kappa shape index (κ1) is 4.94. The lowest BCUT2D eigenvalue weighted by Gasteiger charge is -1.91. The van der Waals surface area contributed by atoms with Crippen molar-refractivity contribution in [1.82, 2.24) is 0 Å². The summed E-state index contributed by atoms with van der Waals surface area (Å²) in [5.41, 5.74) is 0. The summed E-state index contributed by atoms with van der Waals surface area (Å²) in [4.78, 5) is 0. The summed E-state index contributed by atoms with van der Waals surface area (Å²) in [5.74, 6) is 0. The van der Waals surface area contributed by atoms with E-state index >= 15 is 0 Å². The zero-order valence-electron chi connectivity index (χ0n) is 3.74. The molecule has 1 aliphatic rings. The molecule has 0 atom stereocenters. The minimum absolute atomic E-state index is 0.208. The number of allylic oxidation sites excluding steroid dienone is 2. The Morgan fingerprint density at radius 2 is 1.86 bits per heavy atom. The van der Waals surface area contributed by atoms with Crippen LogP contribution in [0.4, 0.5) is 0 Å². The molecule has 1 rings (SSSR count). The van der Waals surface area contributed by atoms with Crippen molar-refractivity contribution in [3.63, 3.8) is 0 Å². The van der Waals surface area contributed by atoms with Gasteiger partial charge in [0.05, 0.1) is 5.25 Å². The maximum Gasteiger partial charge on any atom is 0.0675 e. The van der Waals surface area contributed by atoms with Crippen LogP contribution in [0.15, 0.2) is 24.3 Å². The zero-order chi connectivity index (χ0) is 5.11. The Morgan fingerprint density at radius 3 is 2.14 bits per heavy atom. The molecule has 7 heavy (non-hydrogen) atoms. The molecule has 0 fully saturated rings. The van der Waals surface area contributed by atoms with Crippen LogP contribution in [0.3, 0.4) is 0 Å². The smallest absolute Gasteiger partial charge is 0.0675 e. The van der Waals surface area contributed by atoms with Gasteiger partial charge in [-0.3, -0.25) is 0 Å². The Morgan fingerprint density at radius 1 is 1.29 bits per heavy atom. The van der Waals surface area contributed by atoms with Crippen LogP contribution >= 0.6 is 12.0 Å². The number of rotatable bonds is 1. The van der Waals surface area contributed by atoms with Gasteiger partial charge in [-0.2, -0.15) is 0 Å². The van der Waals surface area contributed by atoms with Gasteiger partial charge in [-0.15, -0.1) is 0 Å². The minimum atomic E-state index is 0.208. The summed E-state index contributed by atoms with van der Waals surface area (Å²) >= 11 is 0.859. The fourth-order valence-corrected chi connectivity index (χ4v) is 0.804. The second-order valence-electron chi connectivity index (χ2n) is 1.34. The van der Waals surface area contributed by atoms with Crippen LogP contribution in [0.1, 0.15) is 0 Å². The zero-order valence-corrected chi connectivity index (χ0v) is 4.56. The van der Waals surface area contributed by atoms with Crippen molar-refractivity contribution in [2.24, 2.45) is 0 Å². The Kier molecular flexibility index (Phi) is 1.54. The van der Waals surface area contributed by atoms with Crippen molar-refractivity contribution in [3.8, 4) is 0 Å². The van der Waals surface area contributed by atoms with Crippen molar-refractivity contribution >= 4 is 12.0 Å². The molecule has 0 bridgehead atoms. The van der Waals surface area contributed by atoms with E-state index in [-0.39, 0.29) is 5.25 Å². The predicted octanol–water partition coefficient (Wildman–Crippen LogP) is 1.69. The molecule has 0 heterocycles. The van der Waals surface area contributed by atoms with Crippen molar-refractivity contribution in [2.45, 2.75) is 5.25 Å². The van der Waals surface area contributed by atoms with Crippen LogP contribution in [-0.4, -0.2) is 9.80 Å². The van der Waals surface area contributed by atoms with Gasteiger partial charge in [0.15, 0.2) is 0 Å². The second kappa shape index (κ2) is 2.19. The highest BCUT2D eigenvalue weighted by molar-refractivity contribution is 7.94. The number of hydrogen-bond donors (Lipinski definition) is 1. The van der Waals surface area contributed by atoms with Gasteiger partial charge in [-0.1, -0.05) is 24.3 Å². The normalized spacial score (nSPS) is 19.0. The van der Waals surface area contributed by atoms with Gasteiger partial charge in [-0.25, -0.2) is 0 Å². The van der Waals surface area contributed by atoms with Crippen LogP contribution in [0.2, 0.25) is 0 Å². The summed E-state index contributed by atoms with van der Waals surface area (Å²) in [5, 5.41) is 0.208. The molecule has 0 saturated carbocycles. The lowest BCUT2D eigenvalue weighted by molar-refractivity contribution is 0.662. The lowest BCUT2D eigenvalue weighted by atomic mass is 10.5. The van der Waals surface area contributed by atoms with Crippen LogP contribution in [0, 0.1) is 0 Å². The SMILES string of the molecule is OSC1C=CC=C1. The summed E-state index contributed by atoms with van der Waals surface area (Å²) in [7, 11) is 0. The van der Waals surface area contributed by atoms with Gasteiger partial charge >= 0.3 is 0 Å². The first-order valence-electron chi connectivity index (χ1n) is 2.08. The van der Waals surface area contributed by atoms with Gasteiger partial charge in [0.2, 0.25) is 0 Å². The average molecular weight is 114 g/mol. The average Bonchev–Trinajstić information content (AvgIpc) is 2.14. The maximum atomic E-state index is 8.38. The van der Waals surface area contributed by atoms with Gasteiger partial charge in [0.25, 0.3) is 0 Å². The number of hydrogen-bond acceptors (Lipinski definition) is 2. The largest absolute Gasteiger partial charge is 0.329 e. The highest BCUT2D eigenvalue weighted by atomic mass is 32.2. The molecular weight excluding hydrogens is 108 g/mol. The van der Waals surface area contributed by atoms with Gasteiger partial charge < -0.3 is 4.55 Å². The fraction of sp³-hybridized carbons (Fsp3) is 0.200. The predicted molar refractivity (Wildman–Crippen MR) is 32.3 cm³/mol. The molecule has 38 valence electrons. The summed E-state index contributed by atoms with van der Waals surface area (Å²) in [6.07, 6.45) is 7.72. The molecule has 0 aromatic carbocycles. The van der Waals surface area contributed by atoms with Crippen molar-refractivity contribution in [3.05, 3.63) is 24.3 Å². The second-order valence-corrected chi connectivity index (χ2v) is 2.09. The molecule has 0 amide bonds.